The molecule has 0 radical (unpaired) electrons. The Balaban J connectivity index is 2.03. The number of halogens is 1. The molecule has 6 heteroatoms. The third kappa shape index (κ3) is 5.36. The van der Waals surface area contributed by atoms with Crippen molar-refractivity contribution in [2.45, 2.75) is 6.42 Å². The topological polar surface area (TPSA) is 68.1 Å². The molecule has 5 nitrogen and oxygen atoms in total. The summed E-state index contributed by atoms with van der Waals surface area (Å²) >= 11 is 3.54. The molecular formula is C24H19BrN2O3. The van der Waals surface area contributed by atoms with Crippen LogP contribution in [0.3, 0.4) is 0 Å². The van der Waals surface area contributed by atoms with E-state index in [1.807, 2.05) is 60.7 Å². The van der Waals surface area contributed by atoms with Crippen molar-refractivity contribution < 1.29 is 14.3 Å². The standard InChI is InChI=1S/C24H19BrN2O3/c1-30-24(29)21(16-22(28)17-10-4-2-5-11-17)26-27-23(18-12-6-3-7-13-18)19-14-8-9-15-20(19)25/h2-15H,16H2,1H3/b26-21+,27-23-. The maximum atomic E-state index is 12.6. The van der Waals surface area contributed by atoms with Crippen LogP contribution in [0.5, 0.6) is 0 Å². The molecule has 30 heavy (non-hydrogen) atoms. The highest BCUT2D eigenvalue weighted by molar-refractivity contribution is 9.10. The largest absolute Gasteiger partial charge is 0.464 e. The highest BCUT2D eigenvalue weighted by Gasteiger charge is 2.18. The van der Waals surface area contributed by atoms with Gasteiger partial charge in [0.15, 0.2) is 11.5 Å². The van der Waals surface area contributed by atoms with Crippen LogP contribution in [0.15, 0.2) is 99.6 Å². The Morgan fingerprint density at radius 1 is 0.800 bits per heavy atom. The molecule has 0 saturated carbocycles. The molecule has 3 rings (SSSR count). The molecule has 3 aromatic rings. The van der Waals surface area contributed by atoms with Crippen LogP contribution >= 0.6 is 15.9 Å². The van der Waals surface area contributed by atoms with E-state index >= 15 is 0 Å². The van der Waals surface area contributed by atoms with E-state index < -0.39 is 5.97 Å². The van der Waals surface area contributed by atoms with Gasteiger partial charge in [0.05, 0.1) is 13.5 Å². The lowest BCUT2D eigenvalue weighted by Crippen LogP contribution is -2.20. The van der Waals surface area contributed by atoms with Crippen molar-refractivity contribution in [2.24, 2.45) is 10.2 Å². The van der Waals surface area contributed by atoms with Crippen molar-refractivity contribution in [3.8, 4) is 0 Å². The molecule has 0 aliphatic heterocycles. The molecule has 0 atom stereocenters. The number of carbonyl (C=O) groups excluding carboxylic acids is 2. The molecule has 0 amide bonds. The predicted octanol–water partition coefficient (Wildman–Crippen LogP) is 5.09. The maximum Gasteiger partial charge on any atom is 0.354 e. The molecule has 0 heterocycles. The van der Waals surface area contributed by atoms with Crippen LogP contribution in [0.4, 0.5) is 0 Å². The molecular weight excluding hydrogens is 444 g/mol. The third-order valence-corrected chi connectivity index (χ3v) is 4.98. The fourth-order valence-corrected chi connectivity index (χ4v) is 3.24. The average Bonchev–Trinajstić information content (AvgIpc) is 2.80. The van der Waals surface area contributed by atoms with Gasteiger partial charge in [0.1, 0.15) is 5.71 Å². The summed E-state index contributed by atoms with van der Waals surface area (Å²) in [6.45, 7) is 0. The molecule has 0 unspecified atom stereocenters. The Hall–Kier alpha value is -3.38. The summed E-state index contributed by atoms with van der Waals surface area (Å²) < 4.78 is 5.65. The summed E-state index contributed by atoms with van der Waals surface area (Å²) in [5, 5.41) is 8.51. The lowest BCUT2D eigenvalue weighted by Gasteiger charge is -2.08. The summed E-state index contributed by atoms with van der Waals surface area (Å²) in [5.74, 6) is -0.931. The van der Waals surface area contributed by atoms with E-state index in [2.05, 4.69) is 26.1 Å². The van der Waals surface area contributed by atoms with Crippen LogP contribution < -0.4 is 0 Å². The fourth-order valence-electron chi connectivity index (χ4n) is 2.77. The molecule has 3 aromatic carbocycles. The summed E-state index contributed by atoms with van der Waals surface area (Å²) in [6, 6.07) is 25.8. The number of ketones is 1. The summed E-state index contributed by atoms with van der Waals surface area (Å²) in [7, 11) is 1.25. The zero-order valence-corrected chi connectivity index (χ0v) is 17.9. The van der Waals surface area contributed by atoms with E-state index in [0.717, 1.165) is 15.6 Å². The third-order valence-electron chi connectivity index (χ3n) is 4.29. The number of rotatable bonds is 7. The molecule has 0 aliphatic carbocycles. The minimum Gasteiger partial charge on any atom is -0.464 e. The van der Waals surface area contributed by atoms with Crippen molar-refractivity contribution in [3.63, 3.8) is 0 Å². The molecule has 0 saturated heterocycles. The lowest BCUT2D eigenvalue weighted by atomic mass is 10.0. The molecule has 0 bridgehead atoms. The first-order valence-electron chi connectivity index (χ1n) is 9.21. The van der Waals surface area contributed by atoms with Crippen molar-refractivity contribution in [3.05, 3.63) is 106 Å². The number of esters is 1. The first-order valence-corrected chi connectivity index (χ1v) is 10.0. The second-order valence-corrected chi connectivity index (χ2v) is 7.15. The average molecular weight is 463 g/mol. The summed E-state index contributed by atoms with van der Waals surface area (Å²) in [6.07, 6.45) is -0.210. The van der Waals surface area contributed by atoms with Gasteiger partial charge in [-0.3, -0.25) is 4.79 Å². The second kappa shape index (κ2) is 10.4. The van der Waals surface area contributed by atoms with Crippen LogP contribution in [0.1, 0.15) is 27.9 Å². The van der Waals surface area contributed by atoms with Crippen molar-refractivity contribution >= 4 is 39.1 Å². The second-order valence-electron chi connectivity index (χ2n) is 6.30. The Morgan fingerprint density at radius 2 is 1.37 bits per heavy atom. The Bertz CT molecular complexity index is 1090. The van der Waals surface area contributed by atoms with Crippen LogP contribution in [-0.2, 0) is 9.53 Å². The van der Waals surface area contributed by atoms with Gasteiger partial charge in [0, 0.05) is 21.2 Å². The van der Waals surface area contributed by atoms with E-state index in [-0.39, 0.29) is 17.9 Å². The number of hydrogen-bond donors (Lipinski definition) is 0. The molecule has 0 aliphatic rings. The molecule has 0 aromatic heterocycles. The number of benzene rings is 3. The van der Waals surface area contributed by atoms with E-state index in [1.165, 1.54) is 7.11 Å². The Morgan fingerprint density at radius 3 is 1.97 bits per heavy atom. The summed E-state index contributed by atoms with van der Waals surface area (Å²) in [5.41, 5.74) is 2.63. The van der Waals surface area contributed by atoms with Gasteiger partial charge in [0.2, 0.25) is 0 Å². The van der Waals surface area contributed by atoms with Crippen LogP contribution in [-0.4, -0.2) is 30.3 Å². The summed E-state index contributed by atoms with van der Waals surface area (Å²) in [4.78, 5) is 24.8. The van der Waals surface area contributed by atoms with Gasteiger partial charge < -0.3 is 4.74 Å². The quantitative estimate of drug-likeness (QED) is 0.212. The molecule has 0 N–H and O–H groups in total. The zero-order chi connectivity index (χ0) is 21.3. The number of ether oxygens (including phenoxy) is 1. The first-order chi connectivity index (χ1) is 14.6. The van der Waals surface area contributed by atoms with Crippen LogP contribution in [0.2, 0.25) is 0 Å². The molecule has 150 valence electrons. The molecule has 0 fully saturated rings. The number of methoxy groups -OCH3 is 1. The zero-order valence-electron chi connectivity index (χ0n) is 16.3. The normalized spacial score (nSPS) is 11.8. The Kier molecular flexibility index (Phi) is 7.40. The predicted molar refractivity (Wildman–Crippen MR) is 121 cm³/mol. The van der Waals surface area contributed by atoms with Gasteiger partial charge >= 0.3 is 5.97 Å². The van der Waals surface area contributed by atoms with Crippen molar-refractivity contribution in [2.75, 3.05) is 7.11 Å². The van der Waals surface area contributed by atoms with E-state index in [1.54, 1.807) is 24.3 Å². The number of Topliss-reactive ketones (excluding diaryl/α,β-unsaturated/α-hetero) is 1. The van der Waals surface area contributed by atoms with Gasteiger partial charge in [-0.2, -0.15) is 0 Å². The smallest absolute Gasteiger partial charge is 0.354 e. The number of carbonyl (C=O) groups is 2. The Labute approximate surface area is 183 Å². The van der Waals surface area contributed by atoms with E-state index in [0.29, 0.717) is 11.3 Å². The van der Waals surface area contributed by atoms with Gasteiger partial charge in [-0.1, -0.05) is 94.8 Å². The van der Waals surface area contributed by atoms with E-state index in [4.69, 9.17) is 4.74 Å². The highest BCUT2D eigenvalue weighted by atomic mass is 79.9. The SMILES string of the molecule is COC(=O)/C(CC(=O)c1ccccc1)=N/N=C(/c1ccccc1)c1ccccc1Br. The van der Waals surface area contributed by atoms with Gasteiger partial charge in [-0.05, 0) is 6.07 Å². The van der Waals surface area contributed by atoms with Crippen molar-refractivity contribution in [1.82, 2.24) is 0 Å². The minimum absolute atomic E-state index is 0.0631. The number of nitrogens with zero attached hydrogens (tertiary/aromatic N) is 2. The van der Waals surface area contributed by atoms with Crippen LogP contribution in [0.25, 0.3) is 0 Å². The monoisotopic (exact) mass is 462 g/mol. The minimum atomic E-state index is -0.692. The first kappa shape index (κ1) is 21.3. The van der Waals surface area contributed by atoms with Crippen LogP contribution in [0, 0.1) is 0 Å². The van der Waals surface area contributed by atoms with Crippen molar-refractivity contribution in [1.29, 1.82) is 0 Å². The highest BCUT2D eigenvalue weighted by Crippen LogP contribution is 2.21. The van der Waals surface area contributed by atoms with Gasteiger partial charge in [-0.15, -0.1) is 10.2 Å². The fraction of sp³-hybridized carbons (Fsp3) is 0.0833. The maximum absolute atomic E-state index is 12.6. The molecule has 0 spiro atoms. The van der Waals surface area contributed by atoms with Gasteiger partial charge in [0.25, 0.3) is 0 Å². The van der Waals surface area contributed by atoms with Gasteiger partial charge in [-0.25, -0.2) is 4.79 Å². The number of hydrogen-bond acceptors (Lipinski definition) is 5. The van der Waals surface area contributed by atoms with E-state index in [9.17, 15) is 9.59 Å². The lowest BCUT2D eigenvalue weighted by molar-refractivity contribution is -0.132.